The van der Waals surface area contributed by atoms with Gasteiger partial charge in [0.25, 0.3) is 0 Å². The van der Waals surface area contributed by atoms with E-state index in [-0.39, 0.29) is 10.6 Å². The van der Waals surface area contributed by atoms with E-state index in [1.165, 1.54) is 19.2 Å². The summed E-state index contributed by atoms with van der Waals surface area (Å²) in [5.41, 5.74) is 0.00264. The fourth-order valence-corrected chi connectivity index (χ4v) is 2.42. The van der Waals surface area contributed by atoms with Gasteiger partial charge in [-0.2, -0.15) is 0 Å². The van der Waals surface area contributed by atoms with E-state index in [4.69, 9.17) is 0 Å². The smallest absolute Gasteiger partial charge is 0.353 e. The van der Waals surface area contributed by atoms with Gasteiger partial charge in [0, 0.05) is 19.6 Å². The van der Waals surface area contributed by atoms with Gasteiger partial charge in [-0.15, -0.1) is 0 Å². The van der Waals surface area contributed by atoms with Crippen LogP contribution in [0.25, 0.3) is 0 Å². The van der Waals surface area contributed by atoms with Crippen LogP contribution in [0.2, 0.25) is 0 Å². The second-order valence-electron chi connectivity index (χ2n) is 4.98. The van der Waals surface area contributed by atoms with Gasteiger partial charge in [-0.1, -0.05) is 19.8 Å². The van der Waals surface area contributed by atoms with Crippen molar-refractivity contribution < 1.29 is 4.92 Å². The lowest BCUT2D eigenvalue weighted by atomic mass is 10.2. The molecule has 0 aromatic carbocycles. The summed E-state index contributed by atoms with van der Waals surface area (Å²) in [6.45, 7) is 4.32. The summed E-state index contributed by atoms with van der Waals surface area (Å²) in [4.78, 5) is 21.2. The molecule has 0 unspecified atom stereocenters. The Labute approximate surface area is 118 Å². The van der Waals surface area contributed by atoms with Gasteiger partial charge < -0.3 is 10.2 Å². The molecule has 0 radical (unpaired) electrons. The van der Waals surface area contributed by atoms with Crippen LogP contribution in [-0.4, -0.2) is 34.5 Å². The highest BCUT2D eigenvalue weighted by Gasteiger charge is 2.27. The van der Waals surface area contributed by atoms with Crippen LogP contribution in [0.3, 0.4) is 0 Å². The molecule has 0 saturated carbocycles. The first-order valence-corrected chi connectivity index (χ1v) is 7.22. The number of nitrogens with one attached hydrogen (secondary N) is 1. The van der Waals surface area contributed by atoms with Crippen LogP contribution in [-0.2, 0) is 0 Å². The van der Waals surface area contributed by atoms with Crippen molar-refractivity contribution in [3.8, 4) is 0 Å². The second-order valence-corrected chi connectivity index (χ2v) is 4.98. The standard InChI is InChI=1S/C13H21N5O2/c1-2-7-14-12-11(18(19)20)13(16-10-15-12)17-8-5-3-4-6-9-17/h10H,2-9H2,1H3,(H,14,15,16). The van der Waals surface area contributed by atoms with Crippen molar-refractivity contribution in [2.75, 3.05) is 29.9 Å². The molecule has 1 saturated heterocycles. The van der Waals surface area contributed by atoms with Crippen molar-refractivity contribution in [1.29, 1.82) is 0 Å². The number of aromatic nitrogens is 2. The predicted octanol–water partition coefficient (Wildman–Crippen LogP) is 2.59. The molecule has 0 atom stereocenters. The molecule has 1 aliphatic rings. The molecule has 2 rings (SSSR count). The Morgan fingerprint density at radius 3 is 2.60 bits per heavy atom. The van der Waals surface area contributed by atoms with Crippen molar-refractivity contribution >= 4 is 17.3 Å². The molecule has 7 heteroatoms. The van der Waals surface area contributed by atoms with E-state index in [0.29, 0.717) is 18.2 Å². The zero-order valence-corrected chi connectivity index (χ0v) is 11.8. The molecule has 110 valence electrons. The summed E-state index contributed by atoms with van der Waals surface area (Å²) in [5, 5.41) is 14.4. The SMILES string of the molecule is CCCNc1ncnc(N2CCCCCC2)c1[N+](=O)[O-]. The third kappa shape index (κ3) is 3.34. The minimum Gasteiger partial charge on any atom is -0.364 e. The quantitative estimate of drug-likeness (QED) is 0.658. The number of nitrogens with zero attached hydrogens (tertiary/aromatic N) is 4. The summed E-state index contributed by atoms with van der Waals surface area (Å²) in [7, 11) is 0. The molecule has 1 N–H and O–H groups in total. The van der Waals surface area contributed by atoms with Crippen LogP contribution in [0.4, 0.5) is 17.3 Å². The molecule has 1 aliphatic heterocycles. The molecular weight excluding hydrogens is 258 g/mol. The van der Waals surface area contributed by atoms with Crippen LogP contribution in [0, 0.1) is 10.1 Å². The molecular formula is C13H21N5O2. The fraction of sp³-hybridized carbons (Fsp3) is 0.692. The summed E-state index contributed by atoms with van der Waals surface area (Å²) in [5.74, 6) is 0.775. The molecule has 1 aromatic rings. The highest BCUT2D eigenvalue weighted by Crippen LogP contribution is 2.32. The van der Waals surface area contributed by atoms with Crippen LogP contribution in [0.15, 0.2) is 6.33 Å². The Hall–Kier alpha value is -1.92. The highest BCUT2D eigenvalue weighted by molar-refractivity contribution is 5.70. The van der Waals surface area contributed by atoms with Crippen LogP contribution in [0.5, 0.6) is 0 Å². The first-order chi connectivity index (χ1) is 9.74. The Morgan fingerprint density at radius 2 is 2.00 bits per heavy atom. The second kappa shape index (κ2) is 7.02. The maximum absolute atomic E-state index is 11.4. The molecule has 1 aromatic heterocycles. The maximum Gasteiger partial charge on any atom is 0.353 e. The number of hydrogen-bond donors (Lipinski definition) is 1. The number of anilines is 2. The Kier molecular flexibility index (Phi) is 5.09. The first kappa shape index (κ1) is 14.5. The van der Waals surface area contributed by atoms with E-state index in [9.17, 15) is 10.1 Å². The third-order valence-corrected chi connectivity index (χ3v) is 3.43. The molecule has 0 bridgehead atoms. The van der Waals surface area contributed by atoms with Gasteiger partial charge in [-0.05, 0) is 19.3 Å². The first-order valence-electron chi connectivity index (χ1n) is 7.22. The van der Waals surface area contributed by atoms with Crippen molar-refractivity contribution in [2.45, 2.75) is 39.0 Å². The van der Waals surface area contributed by atoms with Gasteiger partial charge in [0.1, 0.15) is 6.33 Å². The fourth-order valence-electron chi connectivity index (χ4n) is 2.42. The van der Waals surface area contributed by atoms with E-state index >= 15 is 0 Å². The van der Waals surface area contributed by atoms with Crippen molar-refractivity contribution in [3.05, 3.63) is 16.4 Å². The van der Waals surface area contributed by atoms with E-state index in [1.807, 2.05) is 11.8 Å². The van der Waals surface area contributed by atoms with Gasteiger partial charge in [-0.25, -0.2) is 9.97 Å². The number of rotatable bonds is 5. The lowest BCUT2D eigenvalue weighted by Crippen LogP contribution is -2.26. The van der Waals surface area contributed by atoms with E-state index in [2.05, 4.69) is 15.3 Å². The van der Waals surface area contributed by atoms with E-state index in [1.54, 1.807) is 0 Å². The summed E-state index contributed by atoms with van der Waals surface area (Å²) < 4.78 is 0. The zero-order valence-electron chi connectivity index (χ0n) is 11.8. The average molecular weight is 279 g/mol. The predicted molar refractivity (Wildman–Crippen MR) is 78.1 cm³/mol. The van der Waals surface area contributed by atoms with Gasteiger partial charge in [0.15, 0.2) is 0 Å². The van der Waals surface area contributed by atoms with Crippen molar-refractivity contribution in [1.82, 2.24) is 9.97 Å². The van der Waals surface area contributed by atoms with Crippen molar-refractivity contribution in [2.24, 2.45) is 0 Å². The zero-order chi connectivity index (χ0) is 14.4. The van der Waals surface area contributed by atoms with E-state index in [0.717, 1.165) is 32.4 Å². The molecule has 0 amide bonds. The molecule has 20 heavy (non-hydrogen) atoms. The average Bonchev–Trinajstić information content (AvgIpc) is 2.73. The van der Waals surface area contributed by atoms with Gasteiger partial charge >= 0.3 is 5.69 Å². The topological polar surface area (TPSA) is 84.2 Å². The minimum absolute atomic E-state index is 0.00264. The molecule has 1 fully saturated rings. The molecule has 7 nitrogen and oxygen atoms in total. The number of nitro groups is 1. The van der Waals surface area contributed by atoms with Crippen LogP contribution >= 0.6 is 0 Å². The largest absolute Gasteiger partial charge is 0.364 e. The third-order valence-electron chi connectivity index (χ3n) is 3.43. The highest BCUT2D eigenvalue weighted by atomic mass is 16.6. The number of hydrogen-bond acceptors (Lipinski definition) is 6. The van der Waals surface area contributed by atoms with Crippen LogP contribution in [0.1, 0.15) is 39.0 Å². The minimum atomic E-state index is -0.377. The Morgan fingerprint density at radius 1 is 1.30 bits per heavy atom. The molecule has 0 aliphatic carbocycles. The Bertz CT molecular complexity index is 458. The van der Waals surface area contributed by atoms with Gasteiger partial charge in [-0.3, -0.25) is 10.1 Å². The summed E-state index contributed by atoms with van der Waals surface area (Å²) >= 11 is 0. The molecule has 2 heterocycles. The lowest BCUT2D eigenvalue weighted by Gasteiger charge is -2.21. The summed E-state index contributed by atoms with van der Waals surface area (Å²) in [6, 6.07) is 0. The van der Waals surface area contributed by atoms with Crippen molar-refractivity contribution in [3.63, 3.8) is 0 Å². The lowest BCUT2D eigenvalue weighted by molar-refractivity contribution is -0.383. The van der Waals surface area contributed by atoms with Crippen LogP contribution < -0.4 is 10.2 Å². The Balaban J connectivity index is 2.32. The summed E-state index contributed by atoms with van der Waals surface area (Å²) in [6.07, 6.45) is 6.76. The van der Waals surface area contributed by atoms with Gasteiger partial charge in [0.2, 0.25) is 11.6 Å². The maximum atomic E-state index is 11.4. The normalized spacial score (nSPS) is 15.8. The molecule has 0 spiro atoms. The van der Waals surface area contributed by atoms with Gasteiger partial charge in [0.05, 0.1) is 4.92 Å². The van der Waals surface area contributed by atoms with E-state index < -0.39 is 0 Å². The monoisotopic (exact) mass is 279 g/mol.